The van der Waals surface area contributed by atoms with Gasteiger partial charge in [-0.25, -0.2) is 0 Å². The van der Waals surface area contributed by atoms with Crippen LogP contribution in [-0.4, -0.2) is 26.3 Å². The molecule has 1 N–H and O–H groups in total. The van der Waals surface area contributed by atoms with Crippen LogP contribution in [0.2, 0.25) is 0 Å². The smallest absolute Gasteiger partial charge is 0.266 e. The molecule has 5 heteroatoms. The molecule has 1 aliphatic rings. The zero-order valence-corrected chi connectivity index (χ0v) is 11.7. The number of aromatic hydroxyl groups is 1. The lowest BCUT2D eigenvalue weighted by Gasteiger charge is -2.18. The van der Waals surface area contributed by atoms with Crippen molar-refractivity contribution in [2.24, 2.45) is 0 Å². The number of carbonyl (C=O) groups excluding carboxylic acids is 1. The van der Waals surface area contributed by atoms with Crippen LogP contribution in [0, 0.1) is 0 Å². The minimum Gasteiger partial charge on any atom is -0.507 e. The van der Waals surface area contributed by atoms with Gasteiger partial charge in [-0.15, -0.1) is 0 Å². The largest absolute Gasteiger partial charge is 0.507 e. The Morgan fingerprint density at radius 2 is 2.06 bits per heavy atom. The van der Waals surface area contributed by atoms with Crippen molar-refractivity contribution in [2.45, 2.75) is 19.9 Å². The van der Waals surface area contributed by atoms with Gasteiger partial charge in [0.2, 0.25) is 0 Å². The monoisotopic (exact) mass is 279 g/mol. The molecule has 0 radical (unpaired) electrons. The third-order valence-corrected chi connectivity index (χ3v) is 3.89. The minimum atomic E-state index is -0.0942. The molecular formula is C13H13NO2S2. The number of phenols is 1. The van der Waals surface area contributed by atoms with E-state index in [0.717, 1.165) is 0 Å². The van der Waals surface area contributed by atoms with Crippen LogP contribution in [0.3, 0.4) is 0 Å². The van der Waals surface area contributed by atoms with Crippen molar-refractivity contribution < 1.29 is 9.90 Å². The van der Waals surface area contributed by atoms with Gasteiger partial charge in [0.05, 0.1) is 4.91 Å². The van der Waals surface area contributed by atoms with Gasteiger partial charge >= 0.3 is 0 Å². The van der Waals surface area contributed by atoms with E-state index >= 15 is 0 Å². The van der Waals surface area contributed by atoms with E-state index in [1.807, 2.05) is 19.9 Å². The first-order chi connectivity index (χ1) is 8.50. The number of hydrogen-bond donors (Lipinski definition) is 1. The lowest BCUT2D eigenvalue weighted by atomic mass is 10.2. The highest BCUT2D eigenvalue weighted by Crippen LogP contribution is 2.34. The summed E-state index contributed by atoms with van der Waals surface area (Å²) in [5.74, 6) is 0.0653. The molecule has 0 atom stereocenters. The van der Waals surface area contributed by atoms with E-state index < -0.39 is 0 Å². The highest BCUT2D eigenvalue weighted by molar-refractivity contribution is 8.26. The zero-order chi connectivity index (χ0) is 13.3. The van der Waals surface area contributed by atoms with E-state index in [-0.39, 0.29) is 17.7 Å². The minimum absolute atomic E-state index is 0.0489. The number of thioether (sulfide) groups is 1. The van der Waals surface area contributed by atoms with E-state index in [0.29, 0.717) is 14.8 Å². The Hall–Kier alpha value is -1.33. The Bertz CT molecular complexity index is 538. The molecule has 1 aromatic rings. The van der Waals surface area contributed by atoms with Gasteiger partial charge in [-0.1, -0.05) is 42.2 Å². The maximum atomic E-state index is 12.1. The van der Waals surface area contributed by atoms with Crippen LogP contribution in [0.25, 0.3) is 6.08 Å². The quantitative estimate of drug-likeness (QED) is 0.667. The van der Waals surface area contributed by atoms with E-state index in [4.69, 9.17) is 12.2 Å². The van der Waals surface area contributed by atoms with Gasteiger partial charge in [-0.05, 0) is 26.0 Å². The first kappa shape index (κ1) is 13.1. The lowest BCUT2D eigenvalue weighted by molar-refractivity contribution is -0.123. The number of benzene rings is 1. The highest BCUT2D eigenvalue weighted by atomic mass is 32.2. The molecule has 18 heavy (non-hydrogen) atoms. The molecule has 1 saturated heterocycles. The summed E-state index contributed by atoms with van der Waals surface area (Å²) in [6.07, 6.45) is 1.68. The summed E-state index contributed by atoms with van der Waals surface area (Å²) >= 11 is 6.46. The van der Waals surface area contributed by atoms with Crippen molar-refractivity contribution in [1.29, 1.82) is 0 Å². The van der Waals surface area contributed by atoms with Crippen molar-refractivity contribution in [3.05, 3.63) is 34.7 Å². The van der Waals surface area contributed by atoms with Crippen LogP contribution < -0.4 is 0 Å². The molecule has 0 spiro atoms. The molecule has 1 amide bonds. The Balaban J connectivity index is 2.34. The molecule has 0 saturated carbocycles. The van der Waals surface area contributed by atoms with Crippen molar-refractivity contribution in [3.63, 3.8) is 0 Å². The molecule has 1 heterocycles. The van der Waals surface area contributed by atoms with E-state index in [2.05, 4.69) is 0 Å². The number of nitrogens with zero attached hydrogens (tertiary/aromatic N) is 1. The van der Waals surface area contributed by atoms with Crippen molar-refractivity contribution in [1.82, 2.24) is 4.90 Å². The Morgan fingerprint density at radius 3 is 2.61 bits per heavy atom. The average Bonchev–Trinajstić information content (AvgIpc) is 2.57. The second-order valence-electron chi connectivity index (χ2n) is 4.20. The normalized spacial score (nSPS) is 18.2. The molecule has 3 nitrogen and oxygen atoms in total. The van der Waals surface area contributed by atoms with E-state index in [9.17, 15) is 9.90 Å². The average molecular weight is 279 g/mol. The molecule has 0 aromatic heterocycles. The van der Waals surface area contributed by atoms with Gasteiger partial charge < -0.3 is 5.11 Å². The van der Waals surface area contributed by atoms with Gasteiger partial charge in [0.25, 0.3) is 5.91 Å². The molecule has 94 valence electrons. The number of thiocarbonyl (C=S) groups is 1. The van der Waals surface area contributed by atoms with E-state index in [1.54, 1.807) is 29.2 Å². The first-order valence-electron chi connectivity index (χ1n) is 5.55. The van der Waals surface area contributed by atoms with Gasteiger partial charge in [0.15, 0.2) is 0 Å². The zero-order valence-electron chi connectivity index (χ0n) is 10.1. The third kappa shape index (κ3) is 2.42. The number of carbonyl (C=O) groups is 1. The summed E-state index contributed by atoms with van der Waals surface area (Å²) in [5.41, 5.74) is 0.627. The van der Waals surface area contributed by atoms with Crippen LogP contribution in [0.4, 0.5) is 0 Å². The summed E-state index contributed by atoms with van der Waals surface area (Å²) in [5, 5.41) is 9.69. The van der Waals surface area contributed by atoms with E-state index in [1.165, 1.54) is 11.8 Å². The second kappa shape index (κ2) is 5.12. The van der Waals surface area contributed by atoms with Gasteiger partial charge in [-0.3, -0.25) is 9.69 Å². The topological polar surface area (TPSA) is 40.5 Å². The maximum absolute atomic E-state index is 12.1. The Labute approximate surface area is 115 Å². The van der Waals surface area contributed by atoms with Crippen LogP contribution >= 0.6 is 24.0 Å². The van der Waals surface area contributed by atoms with Gasteiger partial charge in [0.1, 0.15) is 10.1 Å². The number of amides is 1. The second-order valence-corrected chi connectivity index (χ2v) is 5.88. The van der Waals surface area contributed by atoms with Crippen LogP contribution in [0.5, 0.6) is 5.75 Å². The predicted molar refractivity (Wildman–Crippen MR) is 78.3 cm³/mol. The first-order valence-corrected chi connectivity index (χ1v) is 6.78. The van der Waals surface area contributed by atoms with Crippen molar-refractivity contribution in [3.8, 4) is 5.75 Å². The summed E-state index contributed by atoms with van der Waals surface area (Å²) < 4.78 is 0.566. The molecule has 0 aliphatic carbocycles. The molecule has 1 aliphatic heterocycles. The molecule has 0 unspecified atom stereocenters. The predicted octanol–water partition coefficient (Wildman–Crippen LogP) is 3.00. The fraction of sp³-hybridized carbons (Fsp3) is 0.231. The number of rotatable bonds is 2. The number of phenolic OH excluding ortho intramolecular Hbond substituents is 1. The van der Waals surface area contributed by atoms with Crippen LogP contribution in [-0.2, 0) is 4.79 Å². The Kier molecular flexibility index (Phi) is 3.73. The summed E-state index contributed by atoms with van der Waals surface area (Å²) in [6.45, 7) is 3.85. The van der Waals surface area contributed by atoms with Crippen molar-refractivity contribution in [2.75, 3.05) is 0 Å². The summed E-state index contributed by atoms with van der Waals surface area (Å²) in [6, 6.07) is 6.96. The maximum Gasteiger partial charge on any atom is 0.266 e. The SMILES string of the molecule is CC(C)N1C(=O)C(=Cc2ccccc2O)SC1=S. The van der Waals surface area contributed by atoms with Crippen molar-refractivity contribution >= 4 is 40.3 Å². The summed E-state index contributed by atoms with van der Waals surface area (Å²) in [4.78, 5) is 14.3. The lowest BCUT2D eigenvalue weighted by Crippen LogP contribution is -2.34. The standard InChI is InChI=1S/C13H13NO2S2/c1-8(2)14-12(16)11(18-13(14)17)7-9-5-3-4-6-10(9)15/h3-8,15H,1-2H3. The Morgan fingerprint density at radius 1 is 1.39 bits per heavy atom. The molecule has 1 aromatic carbocycles. The molecular weight excluding hydrogens is 266 g/mol. The van der Waals surface area contributed by atoms with Gasteiger partial charge in [-0.2, -0.15) is 0 Å². The molecule has 1 fully saturated rings. The van der Waals surface area contributed by atoms with Crippen LogP contribution in [0.15, 0.2) is 29.2 Å². The van der Waals surface area contributed by atoms with Gasteiger partial charge in [0, 0.05) is 11.6 Å². The number of hydrogen-bond acceptors (Lipinski definition) is 4. The molecule has 2 rings (SSSR count). The third-order valence-electron chi connectivity index (χ3n) is 2.56. The number of para-hydroxylation sites is 1. The molecule has 0 bridgehead atoms. The highest BCUT2D eigenvalue weighted by Gasteiger charge is 2.33. The van der Waals surface area contributed by atoms with Crippen LogP contribution in [0.1, 0.15) is 19.4 Å². The fourth-order valence-corrected chi connectivity index (χ4v) is 3.19. The summed E-state index contributed by atoms with van der Waals surface area (Å²) in [7, 11) is 0. The fourth-order valence-electron chi connectivity index (χ4n) is 1.68.